The molecular weight excluding hydrogens is 489 g/mol. The zero-order chi connectivity index (χ0) is 25.0. The molecule has 3 N–H and O–H groups in total. The Kier molecular flexibility index (Phi) is 5.29. The second-order valence-corrected chi connectivity index (χ2v) is 9.67. The van der Waals surface area contributed by atoms with Crippen molar-refractivity contribution in [3.8, 4) is 11.4 Å². The van der Waals surface area contributed by atoms with Gasteiger partial charge in [-0.1, -0.05) is 23.7 Å². The normalized spacial score (nSPS) is 21.1. The summed E-state index contributed by atoms with van der Waals surface area (Å²) >= 11 is 6.05. The highest BCUT2D eigenvalue weighted by Gasteiger charge is 2.49. The summed E-state index contributed by atoms with van der Waals surface area (Å²) in [4.78, 5) is 27.4. The van der Waals surface area contributed by atoms with Crippen LogP contribution in [0.3, 0.4) is 0 Å². The number of aromatic nitrogens is 2. The second-order valence-electron chi connectivity index (χ2n) is 9.26. The van der Waals surface area contributed by atoms with Gasteiger partial charge < -0.3 is 20.1 Å². The number of nitrogens with one attached hydrogen (secondary N) is 1. The number of para-hydroxylation sites is 2. The van der Waals surface area contributed by atoms with Gasteiger partial charge >= 0.3 is 6.09 Å². The number of hydrogen-bond donors (Lipinski definition) is 2. The number of benzene rings is 2. The van der Waals surface area contributed by atoms with Crippen LogP contribution in [0.4, 0.5) is 20.7 Å². The smallest absolute Gasteiger partial charge is 0.412 e. The highest BCUT2D eigenvalue weighted by Crippen LogP contribution is 2.45. The summed E-state index contributed by atoms with van der Waals surface area (Å²) in [5.74, 6) is -0.278. The van der Waals surface area contributed by atoms with Crippen molar-refractivity contribution in [1.82, 2.24) is 14.7 Å². The quantitative estimate of drug-likeness (QED) is 0.534. The maximum absolute atomic E-state index is 15.2. The van der Waals surface area contributed by atoms with Gasteiger partial charge in [-0.15, -0.1) is 0 Å². The van der Waals surface area contributed by atoms with E-state index in [1.54, 1.807) is 0 Å². The van der Waals surface area contributed by atoms with E-state index in [9.17, 15) is 9.59 Å². The Morgan fingerprint density at radius 2 is 2.08 bits per heavy atom. The number of fused-ring (bicyclic) bond motifs is 2. The number of nitrogens with two attached hydrogens (primary N) is 1. The topological polar surface area (TPSA) is 112 Å². The molecule has 186 valence electrons. The fourth-order valence-corrected chi connectivity index (χ4v) is 5.09. The lowest BCUT2D eigenvalue weighted by molar-refractivity contribution is -0.0418. The maximum atomic E-state index is 15.2. The molecule has 9 nitrogen and oxygen atoms in total. The number of nitrogens with zero attached hydrogens (tertiary/aromatic N) is 3. The van der Waals surface area contributed by atoms with Crippen molar-refractivity contribution in [2.24, 2.45) is 0 Å². The first-order valence-corrected chi connectivity index (χ1v) is 12.1. The molecule has 1 saturated carbocycles. The third-order valence-corrected chi connectivity index (χ3v) is 7.06. The van der Waals surface area contributed by atoms with Crippen LogP contribution in [0.15, 0.2) is 42.6 Å². The van der Waals surface area contributed by atoms with Crippen molar-refractivity contribution in [2.75, 3.05) is 24.1 Å². The zero-order valence-electron chi connectivity index (χ0n) is 19.2. The van der Waals surface area contributed by atoms with Gasteiger partial charge in [0.05, 0.1) is 35.1 Å². The Bertz CT molecular complexity index is 1390. The van der Waals surface area contributed by atoms with E-state index in [0.29, 0.717) is 30.8 Å². The van der Waals surface area contributed by atoms with Gasteiger partial charge in [-0.2, -0.15) is 5.10 Å². The molecular formula is C25H23ClFN5O4. The predicted octanol–water partition coefficient (Wildman–Crippen LogP) is 4.48. The molecule has 3 heterocycles. The van der Waals surface area contributed by atoms with Crippen molar-refractivity contribution < 1.29 is 23.5 Å². The molecule has 1 aliphatic carbocycles. The number of ether oxygens (including phenoxy) is 2. The minimum absolute atomic E-state index is 0.0461. The molecule has 2 fully saturated rings. The SMILES string of the molecule is Nc1c(C(=O)N2CCC[C@@]3(C2)OC(=O)Nc2ccc(Cl)c(F)c23)cnn1-c1ccccc1OC1CC1. The number of piperidine rings is 1. The largest absolute Gasteiger partial charge is 0.488 e. The predicted molar refractivity (Wildman–Crippen MR) is 130 cm³/mol. The van der Waals surface area contributed by atoms with Gasteiger partial charge in [-0.3, -0.25) is 10.1 Å². The van der Waals surface area contributed by atoms with E-state index in [-0.39, 0.29) is 40.3 Å². The lowest BCUT2D eigenvalue weighted by atomic mass is 9.83. The second kappa shape index (κ2) is 8.41. The highest BCUT2D eigenvalue weighted by molar-refractivity contribution is 6.31. The standard InChI is InChI=1S/C25H23ClFN5O4/c26-16-8-9-17-20(21(16)27)25(36-24(34)30-17)10-3-11-31(13-25)23(33)15-12-29-32(22(15)28)18-4-1-2-5-19(18)35-14-6-7-14/h1-2,4-5,8-9,12,14H,3,6-7,10-11,13,28H2,(H,30,34)/t25-/m0/s1. The monoisotopic (exact) mass is 511 g/mol. The van der Waals surface area contributed by atoms with Gasteiger partial charge in [-0.05, 0) is 49.9 Å². The Labute approximate surface area is 210 Å². The molecule has 11 heteroatoms. The van der Waals surface area contributed by atoms with Gasteiger partial charge in [0.1, 0.15) is 22.8 Å². The van der Waals surface area contributed by atoms with Crippen LogP contribution in [-0.4, -0.2) is 45.9 Å². The molecule has 0 unspecified atom stereocenters. The number of likely N-dealkylation sites (tertiary alicyclic amines) is 1. The van der Waals surface area contributed by atoms with Crippen LogP contribution >= 0.6 is 11.6 Å². The summed E-state index contributed by atoms with van der Waals surface area (Å²) in [6.07, 6.45) is 3.70. The molecule has 0 radical (unpaired) electrons. The van der Waals surface area contributed by atoms with Crippen molar-refractivity contribution in [3.05, 3.63) is 64.6 Å². The number of nitrogen functional groups attached to an aromatic ring is 1. The molecule has 1 spiro atoms. The highest BCUT2D eigenvalue weighted by atomic mass is 35.5. The van der Waals surface area contributed by atoms with E-state index in [1.807, 2.05) is 24.3 Å². The average molecular weight is 512 g/mol. The summed E-state index contributed by atoms with van der Waals surface area (Å²) in [5, 5.41) is 6.79. The molecule has 1 atom stereocenters. The summed E-state index contributed by atoms with van der Waals surface area (Å²) in [7, 11) is 0. The molecule has 2 aliphatic heterocycles. The Hall–Kier alpha value is -3.79. The van der Waals surface area contributed by atoms with E-state index in [4.69, 9.17) is 26.8 Å². The first-order valence-electron chi connectivity index (χ1n) is 11.7. The van der Waals surface area contributed by atoms with Crippen molar-refractivity contribution in [3.63, 3.8) is 0 Å². The number of rotatable bonds is 4. The van der Waals surface area contributed by atoms with Crippen LogP contribution in [-0.2, 0) is 10.3 Å². The van der Waals surface area contributed by atoms with Crippen LogP contribution in [0.5, 0.6) is 5.75 Å². The molecule has 1 aromatic heterocycles. The third-order valence-electron chi connectivity index (χ3n) is 6.77. The van der Waals surface area contributed by atoms with E-state index < -0.39 is 23.4 Å². The van der Waals surface area contributed by atoms with E-state index >= 15 is 4.39 Å². The van der Waals surface area contributed by atoms with Gasteiger partial charge in [0.2, 0.25) is 0 Å². The van der Waals surface area contributed by atoms with E-state index in [1.165, 1.54) is 27.9 Å². The first kappa shape index (κ1) is 22.7. The molecule has 2 amide bonds. The number of halogens is 2. The van der Waals surface area contributed by atoms with Crippen LogP contribution in [0.1, 0.15) is 41.6 Å². The summed E-state index contributed by atoms with van der Waals surface area (Å²) in [5.41, 5.74) is 6.28. The number of carbonyl (C=O) groups is 2. The van der Waals surface area contributed by atoms with Crippen molar-refractivity contribution >= 4 is 35.1 Å². The molecule has 3 aliphatic rings. The number of carbonyl (C=O) groups excluding carboxylic acids is 2. The van der Waals surface area contributed by atoms with Crippen LogP contribution in [0.25, 0.3) is 5.69 Å². The van der Waals surface area contributed by atoms with Crippen LogP contribution in [0, 0.1) is 5.82 Å². The summed E-state index contributed by atoms with van der Waals surface area (Å²) < 4.78 is 28.3. The molecule has 2 aromatic carbocycles. The zero-order valence-corrected chi connectivity index (χ0v) is 19.9. The Morgan fingerprint density at radius 3 is 2.89 bits per heavy atom. The van der Waals surface area contributed by atoms with Crippen molar-refractivity contribution in [2.45, 2.75) is 37.4 Å². The Morgan fingerprint density at radius 1 is 1.28 bits per heavy atom. The fraction of sp³-hybridized carbons (Fsp3) is 0.320. The summed E-state index contributed by atoms with van der Waals surface area (Å²) in [6, 6.07) is 10.3. The van der Waals surface area contributed by atoms with E-state index in [2.05, 4.69) is 10.4 Å². The van der Waals surface area contributed by atoms with Crippen molar-refractivity contribution in [1.29, 1.82) is 0 Å². The number of amides is 2. The molecule has 1 saturated heterocycles. The van der Waals surface area contributed by atoms with Crippen LogP contribution in [0.2, 0.25) is 5.02 Å². The average Bonchev–Trinajstić information content (AvgIpc) is 3.60. The lowest BCUT2D eigenvalue weighted by Gasteiger charge is -2.45. The van der Waals surface area contributed by atoms with Gasteiger partial charge in [0, 0.05) is 6.54 Å². The summed E-state index contributed by atoms with van der Waals surface area (Å²) in [6.45, 7) is 0.338. The fourth-order valence-electron chi connectivity index (χ4n) is 4.93. The lowest BCUT2D eigenvalue weighted by Crippen LogP contribution is -2.53. The third kappa shape index (κ3) is 3.72. The molecule has 3 aromatic rings. The molecule has 0 bridgehead atoms. The number of hydrogen-bond acceptors (Lipinski definition) is 6. The Balaban J connectivity index is 1.32. The van der Waals surface area contributed by atoms with Gasteiger partial charge in [0.25, 0.3) is 5.91 Å². The minimum atomic E-state index is -1.37. The molecule has 36 heavy (non-hydrogen) atoms. The van der Waals surface area contributed by atoms with Gasteiger partial charge in [0.15, 0.2) is 11.4 Å². The van der Waals surface area contributed by atoms with Crippen LogP contribution < -0.4 is 15.8 Å². The molecule has 6 rings (SSSR count). The van der Waals surface area contributed by atoms with Gasteiger partial charge in [-0.25, -0.2) is 13.9 Å². The van der Waals surface area contributed by atoms with E-state index in [0.717, 1.165) is 12.8 Å². The number of anilines is 2. The minimum Gasteiger partial charge on any atom is -0.488 e. The maximum Gasteiger partial charge on any atom is 0.412 e. The first-order chi connectivity index (χ1) is 17.4.